The number of alkyl halides is 1. The minimum atomic E-state index is -0.720. The molecule has 1 saturated heterocycles. The Morgan fingerprint density at radius 2 is 1.85 bits per heavy atom. The number of nitrogens with one attached hydrogen (secondary N) is 1. The van der Waals surface area contributed by atoms with Crippen LogP contribution >= 0.6 is 11.6 Å². The Hall–Kier alpha value is -2.29. The maximum Gasteiger partial charge on any atom is 0.330 e. The van der Waals surface area contributed by atoms with E-state index in [4.69, 9.17) is 26.6 Å². The van der Waals surface area contributed by atoms with E-state index in [1.165, 1.54) is 42.9 Å². The molecule has 1 N–H and O–H groups in total. The molecule has 184 valence electrons. The molecule has 10 nitrogen and oxygen atoms in total. The molecule has 0 aromatic carbocycles. The largest absolute Gasteiger partial charge is 0.463 e. The number of aryl methyl sites for hydroxylation is 1. The van der Waals surface area contributed by atoms with Gasteiger partial charge in [0.2, 0.25) is 0 Å². The molecule has 0 radical (unpaired) electrons. The van der Waals surface area contributed by atoms with E-state index in [1.807, 2.05) is 0 Å². The van der Waals surface area contributed by atoms with Crippen molar-refractivity contribution in [3.8, 4) is 0 Å². The highest BCUT2D eigenvalue weighted by atomic mass is 35.5. The van der Waals surface area contributed by atoms with E-state index in [1.54, 1.807) is 6.92 Å². The number of rotatable bonds is 15. The summed E-state index contributed by atoms with van der Waals surface area (Å²) in [5.74, 6) is 0.421. The van der Waals surface area contributed by atoms with Crippen LogP contribution in [0.2, 0.25) is 0 Å². The van der Waals surface area contributed by atoms with E-state index in [0.717, 1.165) is 31.6 Å². The second kappa shape index (κ2) is 14.8. The van der Waals surface area contributed by atoms with Gasteiger partial charge >= 0.3 is 11.7 Å². The lowest BCUT2D eigenvalue weighted by Gasteiger charge is -2.17. The Morgan fingerprint density at radius 3 is 2.48 bits per heavy atom. The molecule has 1 aliphatic rings. The maximum atomic E-state index is 12.1. The molecule has 0 bridgehead atoms. The molecule has 3 atom stereocenters. The van der Waals surface area contributed by atoms with Gasteiger partial charge < -0.3 is 9.47 Å². The van der Waals surface area contributed by atoms with Crippen LogP contribution in [0.15, 0.2) is 20.9 Å². The summed E-state index contributed by atoms with van der Waals surface area (Å²) in [6.45, 7) is 1.52. The Kier molecular flexibility index (Phi) is 12.1. The molecule has 3 unspecified atom stereocenters. The Labute approximate surface area is 198 Å². The van der Waals surface area contributed by atoms with Crippen LogP contribution in [0.3, 0.4) is 0 Å². The fourth-order valence-corrected chi connectivity index (χ4v) is 4.06. The van der Waals surface area contributed by atoms with Gasteiger partial charge in [0.05, 0.1) is 6.04 Å². The number of unbranched alkanes of at least 4 members (excludes halogenated alkanes) is 8. The predicted octanol–water partition coefficient (Wildman–Crippen LogP) is 4.49. The van der Waals surface area contributed by atoms with Crippen molar-refractivity contribution in [2.24, 2.45) is 5.11 Å². The summed E-state index contributed by atoms with van der Waals surface area (Å²) in [5.41, 5.74) is 8.13. The molecule has 1 aromatic heterocycles. The highest BCUT2D eigenvalue weighted by Crippen LogP contribution is 2.30. The zero-order valence-electron chi connectivity index (χ0n) is 19.2. The zero-order valence-corrected chi connectivity index (χ0v) is 20.0. The molecule has 11 heteroatoms. The molecule has 1 aliphatic heterocycles. The van der Waals surface area contributed by atoms with E-state index in [9.17, 15) is 14.4 Å². The van der Waals surface area contributed by atoms with E-state index >= 15 is 0 Å². The van der Waals surface area contributed by atoms with Crippen molar-refractivity contribution < 1.29 is 14.3 Å². The summed E-state index contributed by atoms with van der Waals surface area (Å²) in [4.78, 5) is 40.9. The van der Waals surface area contributed by atoms with Crippen LogP contribution in [0.25, 0.3) is 10.4 Å². The molecular formula is C22H34ClN5O5. The van der Waals surface area contributed by atoms with Gasteiger partial charge in [0.25, 0.3) is 5.56 Å². The number of nitrogens with zero attached hydrogens (tertiary/aromatic N) is 4. The predicted molar refractivity (Wildman–Crippen MR) is 125 cm³/mol. The van der Waals surface area contributed by atoms with Gasteiger partial charge in [-0.3, -0.25) is 19.1 Å². The summed E-state index contributed by atoms with van der Waals surface area (Å²) < 4.78 is 12.4. The van der Waals surface area contributed by atoms with Gasteiger partial charge in [-0.1, -0.05) is 50.1 Å². The minimum absolute atomic E-state index is 0.0571. The summed E-state index contributed by atoms with van der Waals surface area (Å²) in [6, 6.07) is -0.587. The third-order valence-corrected chi connectivity index (χ3v) is 6.05. The molecule has 1 aromatic rings. The summed E-state index contributed by atoms with van der Waals surface area (Å²) in [5, 5.41) is 3.73. The lowest BCUT2D eigenvalue weighted by atomic mass is 10.1. The molecule has 0 spiro atoms. The van der Waals surface area contributed by atoms with Crippen molar-refractivity contribution in [2.45, 2.75) is 95.9 Å². The van der Waals surface area contributed by atoms with Crippen molar-refractivity contribution >= 4 is 17.6 Å². The van der Waals surface area contributed by atoms with Crippen molar-refractivity contribution in [2.75, 3.05) is 12.5 Å². The van der Waals surface area contributed by atoms with Gasteiger partial charge in [-0.25, -0.2) is 4.79 Å². The number of carbonyl (C=O) groups is 1. The first-order chi connectivity index (χ1) is 16.0. The van der Waals surface area contributed by atoms with Crippen LogP contribution in [0.5, 0.6) is 0 Å². The molecule has 1 fully saturated rings. The third-order valence-electron chi connectivity index (χ3n) is 5.78. The van der Waals surface area contributed by atoms with Gasteiger partial charge in [-0.15, -0.1) is 11.6 Å². The summed E-state index contributed by atoms with van der Waals surface area (Å²) in [6.07, 6.45) is 10.6. The fraction of sp³-hybridized carbons (Fsp3) is 0.773. The monoisotopic (exact) mass is 483 g/mol. The smallest absolute Gasteiger partial charge is 0.330 e. The molecule has 33 heavy (non-hydrogen) atoms. The average Bonchev–Trinajstić information content (AvgIpc) is 3.18. The normalized spacial score (nSPS) is 19.9. The highest BCUT2D eigenvalue weighted by Gasteiger charge is 2.37. The van der Waals surface area contributed by atoms with Crippen molar-refractivity contribution in [3.63, 3.8) is 0 Å². The highest BCUT2D eigenvalue weighted by molar-refractivity contribution is 6.17. The minimum Gasteiger partial charge on any atom is -0.463 e. The van der Waals surface area contributed by atoms with Gasteiger partial charge in [-0.05, 0) is 25.3 Å². The van der Waals surface area contributed by atoms with Crippen LogP contribution in [-0.4, -0.2) is 40.2 Å². The van der Waals surface area contributed by atoms with Crippen molar-refractivity contribution in [3.05, 3.63) is 43.0 Å². The SMILES string of the molecule is Cc1cn(C2CC(N=[N+]=[N-])C(COC(=O)CCCCCCCCCCCCl)O2)c(=O)[nH]c1=O. The number of ether oxygens (including phenoxy) is 2. The average molecular weight is 484 g/mol. The lowest BCUT2D eigenvalue weighted by molar-refractivity contribution is -0.148. The first-order valence-electron chi connectivity index (χ1n) is 11.7. The number of esters is 1. The van der Waals surface area contributed by atoms with Crippen LogP contribution in [0.1, 0.15) is 82.4 Å². The van der Waals surface area contributed by atoms with Gasteiger partial charge in [0.15, 0.2) is 0 Å². The van der Waals surface area contributed by atoms with Gasteiger partial charge in [0, 0.05) is 35.4 Å². The van der Waals surface area contributed by atoms with Crippen LogP contribution in [0, 0.1) is 6.92 Å². The van der Waals surface area contributed by atoms with E-state index < -0.39 is 29.6 Å². The second-order valence-corrected chi connectivity index (χ2v) is 8.80. The summed E-state index contributed by atoms with van der Waals surface area (Å²) in [7, 11) is 0. The van der Waals surface area contributed by atoms with Gasteiger partial charge in [0.1, 0.15) is 18.9 Å². The number of hydrogen-bond acceptors (Lipinski definition) is 6. The molecule has 2 heterocycles. The Balaban J connectivity index is 1.71. The number of aromatic amines is 1. The Bertz CT molecular complexity index is 911. The van der Waals surface area contributed by atoms with E-state index in [0.29, 0.717) is 12.0 Å². The Morgan fingerprint density at radius 1 is 1.21 bits per heavy atom. The molecular weight excluding hydrogens is 450 g/mol. The molecule has 0 saturated carbocycles. The van der Waals surface area contributed by atoms with Crippen LogP contribution in [0.4, 0.5) is 0 Å². The van der Waals surface area contributed by atoms with Crippen molar-refractivity contribution in [1.82, 2.24) is 9.55 Å². The second-order valence-electron chi connectivity index (χ2n) is 8.42. The first-order valence-corrected chi connectivity index (χ1v) is 12.2. The maximum absolute atomic E-state index is 12.1. The third kappa shape index (κ3) is 9.23. The number of H-pyrrole nitrogens is 1. The van der Waals surface area contributed by atoms with E-state index in [-0.39, 0.29) is 19.0 Å². The van der Waals surface area contributed by atoms with Gasteiger partial charge in [-0.2, -0.15) is 0 Å². The van der Waals surface area contributed by atoms with Crippen LogP contribution < -0.4 is 11.2 Å². The topological polar surface area (TPSA) is 139 Å². The number of azide groups is 1. The number of aromatic nitrogens is 2. The first kappa shape index (κ1) is 27.0. The number of hydrogen-bond donors (Lipinski definition) is 1. The van der Waals surface area contributed by atoms with Crippen molar-refractivity contribution in [1.29, 1.82) is 0 Å². The fourth-order valence-electron chi connectivity index (χ4n) is 3.87. The lowest BCUT2D eigenvalue weighted by Crippen LogP contribution is -2.33. The summed E-state index contributed by atoms with van der Waals surface area (Å²) >= 11 is 5.67. The van der Waals surface area contributed by atoms with Crippen LogP contribution in [-0.2, 0) is 14.3 Å². The number of halogens is 1. The standard InChI is InChI=1S/C22H34ClN5O5/c1-16-14-28(22(31)25-21(16)30)19-13-17(26-27-24)18(33-19)15-32-20(29)11-9-7-5-3-2-4-6-8-10-12-23/h14,17-19H,2-13,15H2,1H3,(H,25,30,31). The number of carbonyl (C=O) groups excluding carboxylic acids is 1. The molecule has 2 rings (SSSR count). The zero-order chi connectivity index (χ0) is 24.1. The van der Waals surface area contributed by atoms with E-state index in [2.05, 4.69) is 15.0 Å². The molecule has 0 amide bonds. The molecule has 0 aliphatic carbocycles. The quantitative estimate of drug-likeness (QED) is 0.0976.